The summed E-state index contributed by atoms with van der Waals surface area (Å²) in [4.78, 5) is 73.8. The van der Waals surface area contributed by atoms with Gasteiger partial charge in [0.1, 0.15) is 17.2 Å². The average molecular weight is 1430 g/mol. The fourth-order valence-electron chi connectivity index (χ4n) is 11.5. The predicted molar refractivity (Wildman–Crippen MR) is 349 cm³/mol. The summed E-state index contributed by atoms with van der Waals surface area (Å²) in [5.41, 5.74) is 11.0. The van der Waals surface area contributed by atoms with Crippen LogP contribution in [0.15, 0.2) is 165 Å². The Morgan fingerprint density at radius 1 is 0.431 bits per heavy atom. The molecular formula is C71H66F12N12O7. The van der Waals surface area contributed by atoms with Gasteiger partial charge in [0.2, 0.25) is 0 Å². The van der Waals surface area contributed by atoms with Crippen molar-refractivity contribution in [1.82, 2.24) is 60.0 Å². The van der Waals surface area contributed by atoms with E-state index in [9.17, 15) is 67.1 Å². The lowest BCUT2D eigenvalue weighted by atomic mass is 9.88. The van der Waals surface area contributed by atoms with Gasteiger partial charge in [0.25, 0.3) is 0 Å². The predicted octanol–water partition coefficient (Wildman–Crippen LogP) is 14.3. The van der Waals surface area contributed by atoms with Crippen LogP contribution in [0.3, 0.4) is 0 Å². The van der Waals surface area contributed by atoms with Gasteiger partial charge in [-0.25, -0.2) is 39.5 Å². The number of amides is 1. The maximum absolute atomic E-state index is 12.8. The van der Waals surface area contributed by atoms with E-state index in [0.29, 0.717) is 62.1 Å². The lowest BCUT2D eigenvalue weighted by molar-refractivity contribution is -0.221. The molecule has 1 N–H and O–H groups in total. The van der Waals surface area contributed by atoms with Crippen LogP contribution in [-0.4, -0.2) is 164 Å². The molecule has 9 heterocycles. The molecule has 19 nitrogen and oxygen atoms in total. The van der Waals surface area contributed by atoms with E-state index in [1.807, 2.05) is 91.1 Å². The summed E-state index contributed by atoms with van der Waals surface area (Å²) >= 11 is 0. The summed E-state index contributed by atoms with van der Waals surface area (Å²) in [6, 6.07) is 34.4. The molecule has 0 radical (unpaired) electrons. The number of likely N-dealkylation sites (tertiary alicyclic amines) is 2. The molecule has 0 atom stereocenters. The number of nitrogens with zero attached hydrogens (tertiary/aromatic N) is 11. The second-order valence-electron chi connectivity index (χ2n) is 23.3. The Labute approximate surface area is 576 Å². The number of rotatable bonds is 13. The van der Waals surface area contributed by atoms with Crippen LogP contribution in [0.25, 0.3) is 67.5 Å². The number of pyridine rings is 3. The first-order valence-electron chi connectivity index (χ1n) is 31.7. The van der Waals surface area contributed by atoms with E-state index >= 15 is 0 Å². The SMILES string of the molecule is COc1cccc(-c2cnc(-c3ccncc3)nc2C2CCN(C(=O)C(F)(F)F)CC2)c1.COc1cccc(-c2cnc(-c3ccncc3)nc2C2CCN(CC(F)(F)F)CC2)c1.COc1cccc(-c2cnc(-c3ccncc3)nc2C2CCNCC2)c1.O=C(OC(=O)C(F)(F)F)C(F)(F)F. The highest BCUT2D eigenvalue weighted by atomic mass is 19.4. The number of ether oxygens (including phenoxy) is 4. The number of piperidine rings is 3. The molecule has 12 rings (SSSR count). The van der Waals surface area contributed by atoms with E-state index in [1.54, 1.807) is 83.0 Å². The number of aromatic nitrogens is 9. The number of halogens is 12. The summed E-state index contributed by atoms with van der Waals surface area (Å²) in [6.07, 6.45) is -0.420. The van der Waals surface area contributed by atoms with Gasteiger partial charge in [-0.3, -0.25) is 24.6 Å². The third-order valence-electron chi connectivity index (χ3n) is 16.6. The van der Waals surface area contributed by atoms with Gasteiger partial charge < -0.3 is 29.2 Å². The van der Waals surface area contributed by atoms with Gasteiger partial charge in [0.05, 0.1) is 45.0 Å². The summed E-state index contributed by atoms with van der Waals surface area (Å²) in [5, 5.41) is 3.44. The Kier molecular flexibility index (Phi) is 25.4. The number of benzene rings is 3. The van der Waals surface area contributed by atoms with Gasteiger partial charge in [-0.1, -0.05) is 36.4 Å². The fourth-order valence-corrected chi connectivity index (χ4v) is 11.5. The lowest BCUT2D eigenvalue weighted by Crippen LogP contribution is -2.45. The fraction of sp³-hybridized carbons (Fsp3) is 0.324. The van der Waals surface area contributed by atoms with E-state index in [0.717, 1.165) is 115 Å². The van der Waals surface area contributed by atoms with Crippen molar-refractivity contribution < 1.29 is 86.0 Å². The number of hydrogen-bond acceptors (Lipinski definition) is 18. The quantitative estimate of drug-likeness (QED) is 0.0644. The highest BCUT2D eigenvalue weighted by Gasteiger charge is 2.49. The summed E-state index contributed by atoms with van der Waals surface area (Å²) in [7, 11) is 4.88. The normalized spacial score (nSPS) is 14.9. The first-order chi connectivity index (χ1) is 48.7. The Morgan fingerprint density at radius 3 is 1.06 bits per heavy atom. The lowest BCUT2D eigenvalue weighted by Gasteiger charge is -2.33. The van der Waals surface area contributed by atoms with Crippen molar-refractivity contribution in [3.05, 3.63) is 182 Å². The molecule has 6 aromatic heterocycles. The van der Waals surface area contributed by atoms with Crippen LogP contribution in [0.1, 0.15) is 73.4 Å². The topological polar surface area (TPSA) is 223 Å². The van der Waals surface area contributed by atoms with Gasteiger partial charge in [-0.15, -0.1) is 0 Å². The van der Waals surface area contributed by atoms with Crippen molar-refractivity contribution in [1.29, 1.82) is 0 Å². The Balaban J connectivity index is 0.000000164. The molecule has 536 valence electrons. The van der Waals surface area contributed by atoms with Crippen LogP contribution in [0.5, 0.6) is 17.2 Å². The second-order valence-corrected chi connectivity index (χ2v) is 23.3. The zero-order chi connectivity index (χ0) is 73.2. The van der Waals surface area contributed by atoms with Gasteiger partial charge in [-0.2, -0.15) is 52.7 Å². The van der Waals surface area contributed by atoms with Crippen molar-refractivity contribution in [2.45, 2.75) is 81.0 Å². The van der Waals surface area contributed by atoms with Crippen molar-refractivity contribution in [2.24, 2.45) is 0 Å². The minimum Gasteiger partial charge on any atom is -0.497 e. The molecule has 0 saturated carbocycles. The molecule has 9 aromatic rings. The van der Waals surface area contributed by atoms with Crippen LogP contribution in [0, 0.1) is 0 Å². The monoisotopic (exact) mass is 1430 g/mol. The molecule has 0 unspecified atom stereocenters. The van der Waals surface area contributed by atoms with E-state index in [-0.39, 0.29) is 24.9 Å². The van der Waals surface area contributed by atoms with Crippen molar-refractivity contribution >= 4 is 17.8 Å². The number of carbonyl (C=O) groups is 3. The van der Waals surface area contributed by atoms with Crippen LogP contribution in [-0.2, 0) is 19.1 Å². The zero-order valence-corrected chi connectivity index (χ0v) is 54.8. The van der Waals surface area contributed by atoms with E-state index in [4.69, 9.17) is 29.2 Å². The highest BCUT2D eigenvalue weighted by Crippen LogP contribution is 2.40. The molecule has 3 aliphatic rings. The van der Waals surface area contributed by atoms with Crippen LogP contribution in [0.2, 0.25) is 0 Å². The first-order valence-corrected chi connectivity index (χ1v) is 31.7. The number of alkyl halides is 12. The standard InChI is InChI=1S/C23H21F3N4O2.C23H23F3N4O.C21H22N4O.C4F6O3/c1-32-18-4-2-3-17(13-18)19-14-28-21(16-5-9-27-10-6-16)29-20(19)15-7-11-30(12-8-15)22(31)23(24,25)26;1-31-19-4-2-3-18(13-19)20-14-28-22(17-5-9-27-10-6-17)29-21(20)16-7-11-30(12-8-16)15-23(24,25)26;1-26-18-4-2-3-17(13-18)19-14-24-21(16-7-11-23-12-8-16)25-20(19)15-5-9-22-10-6-15;5-3(6,7)1(11)13-2(12)4(8,9)10/h2-6,9-10,13-15H,7-8,11-12H2,1H3;2-6,9-10,13-14,16H,7-8,11-12,15H2,1H3;2-4,7-8,11-15,22H,5-6,9-10H2,1H3;. The van der Waals surface area contributed by atoms with Gasteiger partial charge in [0.15, 0.2) is 17.5 Å². The maximum Gasteiger partial charge on any atom is 0.491 e. The van der Waals surface area contributed by atoms with Gasteiger partial charge in [-0.05, 0) is 154 Å². The number of carbonyl (C=O) groups excluding carboxylic acids is 3. The minimum absolute atomic E-state index is 0.0230. The van der Waals surface area contributed by atoms with Crippen molar-refractivity contribution in [3.63, 3.8) is 0 Å². The van der Waals surface area contributed by atoms with Crippen LogP contribution in [0.4, 0.5) is 52.7 Å². The largest absolute Gasteiger partial charge is 0.497 e. The van der Waals surface area contributed by atoms with Gasteiger partial charge in [0, 0.05) is 120 Å². The second kappa shape index (κ2) is 34.2. The Morgan fingerprint density at radius 2 is 0.755 bits per heavy atom. The first kappa shape index (κ1) is 75.6. The molecule has 3 aliphatic heterocycles. The third-order valence-corrected chi connectivity index (χ3v) is 16.6. The summed E-state index contributed by atoms with van der Waals surface area (Å²) in [6.45, 7) is 2.00. The van der Waals surface area contributed by atoms with Crippen molar-refractivity contribution in [3.8, 4) is 84.8 Å². The Bertz CT molecular complexity index is 4230. The number of esters is 2. The van der Waals surface area contributed by atoms with E-state index < -0.39 is 49.1 Å². The molecule has 31 heteroatoms. The molecule has 102 heavy (non-hydrogen) atoms. The van der Waals surface area contributed by atoms with Crippen molar-refractivity contribution in [2.75, 3.05) is 67.1 Å². The Hall–Kier alpha value is -10.6. The maximum atomic E-state index is 12.8. The molecule has 0 spiro atoms. The molecule has 1 amide bonds. The van der Waals surface area contributed by atoms with Crippen LogP contribution >= 0.6 is 0 Å². The summed E-state index contributed by atoms with van der Waals surface area (Å²) < 4.78 is 163. The molecule has 3 saturated heterocycles. The number of hydrogen-bond donors (Lipinski definition) is 1. The molecule has 3 fully saturated rings. The van der Waals surface area contributed by atoms with Crippen LogP contribution < -0.4 is 19.5 Å². The molecule has 0 bridgehead atoms. The zero-order valence-electron chi connectivity index (χ0n) is 54.8. The molecular weight excluding hydrogens is 1360 g/mol. The highest BCUT2D eigenvalue weighted by molar-refractivity contribution is 5.91. The number of nitrogens with one attached hydrogen (secondary N) is 1. The summed E-state index contributed by atoms with van der Waals surface area (Å²) in [5.74, 6) is -3.71. The molecule has 3 aromatic carbocycles. The third kappa shape index (κ3) is 20.8. The average Bonchev–Trinajstić information content (AvgIpc) is 0.797. The smallest absolute Gasteiger partial charge is 0.491 e. The minimum atomic E-state index is -5.62. The van der Waals surface area contributed by atoms with E-state index in [1.165, 1.54) is 4.90 Å². The molecule has 0 aliphatic carbocycles. The van der Waals surface area contributed by atoms with E-state index in [2.05, 4.69) is 52.1 Å². The van der Waals surface area contributed by atoms with Gasteiger partial charge >= 0.3 is 42.6 Å². The number of methoxy groups -OCH3 is 3.